The monoisotopic (exact) mass is 275 g/mol. The molecule has 0 unspecified atom stereocenters. The van der Waals surface area contributed by atoms with E-state index in [1.807, 2.05) is 12.1 Å². The van der Waals surface area contributed by atoms with Crippen molar-refractivity contribution in [2.24, 2.45) is 0 Å². The zero-order valence-electron chi connectivity index (χ0n) is 13.0. The van der Waals surface area contributed by atoms with Gasteiger partial charge in [-0.1, -0.05) is 6.92 Å². The second-order valence-electron chi connectivity index (χ2n) is 5.16. The molecule has 0 aliphatic carbocycles. The number of rotatable bonds is 8. The van der Waals surface area contributed by atoms with Crippen LogP contribution in [0.5, 0.6) is 5.75 Å². The minimum absolute atomic E-state index is 0.685. The summed E-state index contributed by atoms with van der Waals surface area (Å²) in [5, 5.41) is 9.01. The third kappa shape index (κ3) is 5.20. The van der Waals surface area contributed by atoms with Crippen molar-refractivity contribution >= 4 is 0 Å². The van der Waals surface area contributed by atoms with Gasteiger partial charge >= 0.3 is 0 Å². The third-order valence-corrected chi connectivity index (χ3v) is 3.33. The normalized spacial score (nSPS) is 10.8. The van der Waals surface area contributed by atoms with Crippen LogP contribution < -0.4 is 4.74 Å². The van der Waals surface area contributed by atoms with Crippen LogP contribution in [0.25, 0.3) is 0 Å². The first-order chi connectivity index (χ1) is 9.60. The Balaban J connectivity index is 2.70. The van der Waals surface area contributed by atoms with E-state index >= 15 is 0 Å². The summed E-state index contributed by atoms with van der Waals surface area (Å²) in [7, 11) is 5.86. The highest BCUT2D eigenvalue weighted by atomic mass is 16.5. The lowest BCUT2D eigenvalue weighted by atomic mass is 10.1. The first kappa shape index (κ1) is 16.5. The van der Waals surface area contributed by atoms with Gasteiger partial charge in [0.2, 0.25) is 0 Å². The first-order valence-electron chi connectivity index (χ1n) is 7.04. The largest absolute Gasteiger partial charge is 0.496 e. The third-order valence-electron chi connectivity index (χ3n) is 3.33. The molecule has 0 saturated heterocycles. The molecule has 4 heteroatoms. The second-order valence-corrected chi connectivity index (χ2v) is 5.16. The molecule has 1 aromatic carbocycles. The molecule has 0 aromatic heterocycles. The number of ether oxygens (including phenoxy) is 1. The maximum absolute atomic E-state index is 9.01. The van der Waals surface area contributed by atoms with Crippen molar-refractivity contribution in [2.45, 2.75) is 19.9 Å². The Bertz CT molecular complexity index is 452. The predicted octanol–water partition coefficient (Wildman–Crippen LogP) is 2.34. The molecule has 20 heavy (non-hydrogen) atoms. The van der Waals surface area contributed by atoms with Crippen LogP contribution in [0.2, 0.25) is 0 Å². The van der Waals surface area contributed by atoms with Crippen LogP contribution in [0.15, 0.2) is 18.2 Å². The molecule has 0 aliphatic rings. The predicted molar refractivity (Wildman–Crippen MR) is 81.8 cm³/mol. The minimum atomic E-state index is 0.685. The first-order valence-corrected chi connectivity index (χ1v) is 7.04. The zero-order chi connectivity index (χ0) is 15.0. The molecule has 0 amide bonds. The number of hydrogen-bond donors (Lipinski definition) is 0. The summed E-state index contributed by atoms with van der Waals surface area (Å²) in [4.78, 5) is 4.58. The molecule has 0 aliphatic heterocycles. The maximum atomic E-state index is 9.01. The Morgan fingerprint density at radius 1 is 1.25 bits per heavy atom. The maximum Gasteiger partial charge on any atom is 0.123 e. The highest BCUT2D eigenvalue weighted by Gasteiger charge is 2.09. The molecule has 1 aromatic rings. The lowest BCUT2D eigenvalue weighted by Gasteiger charge is -2.22. The molecule has 1 rings (SSSR count). The van der Waals surface area contributed by atoms with Gasteiger partial charge < -0.3 is 9.64 Å². The Morgan fingerprint density at radius 2 is 2.00 bits per heavy atom. The smallest absolute Gasteiger partial charge is 0.123 e. The molecule has 0 atom stereocenters. The van der Waals surface area contributed by atoms with E-state index in [2.05, 4.69) is 36.9 Å². The van der Waals surface area contributed by atoms with E-state index in [1.165, 1.54) is 0 Å². The highest BCUT2D eigenvalue weighted by molar-refractivity contribution is 5.42. The van der Waals surface area contributed by atoms with Crippen molar-refractivity contribution in [3.63, 3.8) is 0 Å². The van der Waals surface area contributed by atoms with Crippen LogP contribution >= 0.6 is 0 Å². The summed E-state index contributed by atoms with van der Waals surface area (Å²) in [6.45, 7) is 6.12. The van der Waals surface area contributed by atoms with Gasteiger partial charge in [-0.25, -0.2) is 0 Å². The summed E-state index contributed by atoms with van der Waals surface area (Å²) in [6, 6.07) is 7.78. The molecule has 0 saturated carbocycles. The van der Waals surface area contributed by atoms with E-state index in [9.17, 15) is 0 Å². The van der Waals surface area contributed by atoms with E-state index in [1.54, 1.807) is 13.2 Å². The molecular weight excluding hydrogens is 250 g/mol. The number of benzene rings is 1. The van der Waals surface area contributed by atoms with E-state index in [4.69, 9.17) is 10.00 Å². The van der Waals surface area contributed by atoms with Crippen LogP contribution in [0, 0.1) is 11.3 Å². The van der Waals surface area contributed by atoms with Gasteiger partial charge in [0.1, 0.15) is 5.75 Å². The van der Waals surface area contributed by atoms with Crippen molar-refractivity contribution in [1.29, 1.82) is 5.26 Å². The fourth-order valence-electron chi connectivity index (χ4n) is 2.17. The van der Waals surface area contributed by atoms with Crippen molar-refractivity contribution in [3.8, 4) is 11.8 Å². The van der Waals surface area contributed by atoms with Gasteiger partial charge in [-0.15, -0.1) is 0 Å². The van der Waals surface area contributed by atoms with E-state index < -0.39 is 0 Å². The Labute approximate surface area is 122 Å². The fraction of sp³-hybridized carbons (Fsp3) is 0.562. The average Bonchev–Trinajstić information content (AvgIpc) is 2.45. The Kier molecular flexibility index (Phi) is 7.06. The molecular formula is C16H25N3O. The minimum Gasteiger partial charge on any atom is -0.496 e. The molecule has 110 valence electrons. The summed E-state index contributed by atoms with van der Waals surface area (Å²) in [6.07, 6.45) is 1.14. The van der Waals surface area contributed by atoms with Crippen molar-refractivity contribution in [2.75, 3.05) is 40.8 Å². The molecule has 0 radical (unpaired) electrons. The Hall–Kier alpha value is -1.57. The quantitative estimate of drug-likeness (QED) is 0.730. The van der Waals surface area contributed by atoms with Gasteiger partial charge in [0.25, 0.3) is 0 Å². The summed E-state index contributed by atoms with van der Waals surface area (Å²) >= 11 is 0. The van der Waals surface area contributed by atoms with Crippen LogP contribution in [0.3, 0.4) is 0 Å². The summed E-state index contributed by atoms with van der Waals surface area (Å²) in [5.41, 5.74) is 1.77. The lowest BCUT2D eigenvalue weighted by Crippen LogP contribution is -2.27. The lowest BCUT2D eigenvalue weighted by molar-refractivity contribution is 0.255. The van der Waals surface area contributed by atoms with Crippen LogP contribution in [0.1, 0.15) is 24.5 Å². The van der Waals surface area contributed by atoms with Crippen molar-refractivity contribution < 1.29 is 4.74 Å². The molecule has 4 nitrogen and oxygen atoms in total. The van der Waals surface area contributed by atoms with Gasteiger partial charge in [-0.3, -0.25) is 4.90 Å². The second kappa shape index (κ2) is 8.57. The van der Waals surface area contributed by atoms with Gasteiger partial charge in [0.15, 0.2) is 0 Å². The number of nitriles is 1. The van der Waals surface area contributed by atoms with E-state index in [0.29, 0.717) is 5.56 Å². The van der Waals surface area contributed by atoms with Gasteiger partial charge in [0.05, 0.1) is 18.7 Å². The van der Waals surface area contributed by atoms with E-state index in [0.717, 1.165) is 43.9 Å². The van der Waals surface area contributed by atoms with Crippen molar-refractivity contribution in [1.82, 2.24) is 9.80 Å². The van der Waals surface area contributed by atoms with Gasteiger partial charge in [-0.2, -0.15) is 5.26 Å². The highest BCUT2D eigenvalue weighted by Crippen LogP contribution is 2.21. The Morgan fingerprint density at radius 3 is 2.55 bits per heavy atom. The molecule has 0 N–H and O–H groups in total. The zero-order valence-corrected chi connectivity index (χ0v) is 13.0. The summed E-state index contributed by atoms with van der Waals surface area (Å²) in [5.74, 6) is 0.857. The summed E-state index contributed by atoms with van der Waals surface area (Å²) < 4.78 is 5.39. The number of methoxy groups -OCH3 is 1. The topological polar surface area (TPSA) is 39.5 Å². The number of nitrogens with zero attached hydrogens (tertiary/aromatic N) is 3. The molecule has 0 spiro atoms. The van der Waals surface area contributed by atoms with Crippen molar-refractivity contribution in [3.05, 3.63) is 29.3 Å². The average molecular weight is 275 g/mol. The molecule has 0 bridgehead atoms. The van der Waals surface area contributed by atoms with E-state index in [-0.39, 0.29) is 0 Å². The van der Waals surface area contributed by atoms with Crippen LogP contribution in [0.4, 0.5) is 0 Å². The fourth-order valence-corrected chi connectivity index (χ4v) is 2.17. The van der Waals surface area contributed by atoms with Crippen LogP contribution in [-0.2, 0) is 6.54 Å². The molecule has 0 heterocycles. The molecule has 0 fully saturated rings. The van der Waals surface area contributed by atoms with Crippen LogP contribution in [-0.4, -0.2) is 50.6 Å². The number of hydrogen-bond acceptors (Lipinski definition) is 4. The standard InChI is InChI=1S/C16H25N3O/c1-5-19(10-6-9-18(2)3)13-15-11-14(12-17)7-8-16(15)20-4/h7-8,11H,5-6,9-10,13H2,1-4H3. The SMILES string of the molecule is CCN(CCCN(C)C)Cc1cc(C#N)ccc1OC. The van der Waals surface area contributed by atoms with Gasteiger partial charge in [-0.05, 0) is 58.3 Å². The van der Waals surface area contributed by atoms with Gasteiger partial charge in [0, 0.05) is 12.1 Å².